The second kappa shape index (κ2) is 5.87. The number of phenolic OH excluding ortho intramolecular Hbond substituents is 1. The Kier molecular flexibility index (Phi) is 5.01. The summed E-state index contributed by atoms with van der Waals surface area (Å²) in [6, 6.07) is 4.79. The smallest absolute Gasteiger partial charge is 0.255 e. The maximum atomic E-state index is 11.9. The van der Waals surface area contributed by atoms with Crippen LogP contribution in [0.25, 0.3) is 0 Å². The van der Waals surface area contributed by atoms with Gasteiger partial charge in [0.15, 0.2) is 0 Å². The summed E-state index contributed by atoms with van der Waals surface area (Å²) in [5, 5.41) is 13.2. The van der Waals surface area contributed by atoms with Crippen molar-refractivity contribution in [3.05, 3.63) is 28.2 Å². The lowest BCUT2D eigenvalue weighted by molar-refractivity contribution is 0.0937. The molecule has 1 rings (SSSR count). The molecule has 1 aromatic carbocycles. The molecule has 0 radical (unpaired) electrons. The number of hydrogen-bond donors (Lipinski definition) is 2. The van der Waals surface area contributed by atoms with Crippen molar-refractivity contribution in [2.24, 2.45) is 5.41 Å². The summed E-state index contributed by atoms with van der Waals surface area (Å²) in [7, 11) is 0. The van der Waals surface area contributed by atoms with E-state index in [1.807, 2.05) is 13.8 Å². The normalized spacial score (nSPS) is 11.3. The monoisotopic (exact) mass is 363 g/mol. The number of alkyl halides is 1. The van der Waals surface area contributed by atoms with Crippen molar-refractivity contribution in [3.8, 4) is 5.75 Å². The van der Waals surface area contributed by atoms with E-state index in [4.69, 9.17) is 0 Å². The maximum absolute atomic E-state index is 11.9. The van der Waals surface area contributed by atoms with Gasteiger partial charge in [0.2, 0.25) is 0 Å². The highest BCUT2D eigenvalue weighted by molar-refractivity contribution is 9.10. The molecule has 0 spiro atoms. The van der Waals surface area contributed by atoms with E-state index in [1.165, 1.54) is 6.07 Å². The lowest BCUT2D eigenvalue weighted by Gasteiger charge is -2.22. The zero-order valence-electron chi connectivity index (χ0n) is 9.76. The first-order valence-electron chi connectivity index (χ1n) is 5.18. The summed E-state index contributed by atoms with van der Waals surface area (Å²) in [6.45, 7) is 4.63. The van der Waals surface area contributed by atoms with Gasteiger partial charge in [0, 0.05) is 16.3 Å². The van der Waals surface area contributed by atoms with Gasteiger partial charge in [-0.05, 0) is 23.6 Å². The molecule has 0 bridgehead atoms. The van der Waals surface area contributed by atoms with Crippen molar-refractivity contribution in [1.29, 1.82) is 0 Å². The molecule has 3 nitrogen and oxygen atoms in total. The minimum absolute atomic E-state index is 0.0117. The molecule has 0 saturated heterocycles. The topological polar surface area (TPSA) is 49.3 Å². The summed E-state index contributed by atoms with van der Waals surface area (Å²) in [6.07, 6.45) is 0. The maximum Gasteiger partial charge on any atom is 0.255 e. The highest BCUT2D eigenvalue weighted by Gasteiger charge is 2.19. The molecule has 0 atom stereocenters. The van der Waals surface area contributed by atoms with Crippen LogP contribution in [0, 0.1) is 5.41 Å². The van der Waals surface area contributed by atoms with Crippen LogP contribution in [-0.4, -0.2) is 22.9 Å². The SMILES string of the molecule is CC(C)(CBr)CNC(=O)c1cc(Br)ccc1O. The number of nitrogens with one attached hydrogen (secondary N) is 1. The van der Waals surface area contributed by atoms with E-state index in [1.54, 1.807) is 12.1 Å². The summed E-state index contributed by atoms with van der Waals surface area (Å²) in [5.41, 5.74) is 0.266. The summed E-state index contributed by atoms with van der Waals surface area (Å²) in [5.74, 6) is -0.278. The molecule has 0 aliphatic heterocycles. The number of aromatic hydroxyl groups is 1. The first-order chi connectivity index (χ1) is 7.85. The van der Waals surface area contributed by atoms with Gasteiger partial charge in [-0.3, -0.25) is 4.79 Å². The Morgan fingerprint density at radius 3 is 2.71 bits per heavy atom. The Morgan fingerprint density at radius 2 is 2.12 bits per heavy atom. The molecule has 0 heterocycles. The second-order valence-electron chi connectivity index (χ2n) is 4.64. The third kappa shape index (κ3) is 4.32. The van der Waals surface area contributed by atoms with Gasteiger partial charge >= 0.3 is 0 Å². The summed E-state index contributed by atoms with van der Waals surface area (Å²) >= 11 is 6.67. The van der Waals surface area contributed by atoms with Crippen LogP contribution in [0.4, 0.5) is 0 Å². The van der Waals surface area contributed by atoms with Gasteiger partial charge in [0.05, 0.1) is 5.56 Å². The minimum atomic E-state index is -0.266. The molecule has 1 aromatic rings. The number of carbonyl (C=O) groups excluding carboxylic acids is 1. The van der Waals surface area contributed by atoms with Crippen LogP contribution < -0.4 is 5.32 Å². The predicted octanol–water partition coefficient (Wildman–Crippen LogP) is 3.31. The molecular formula is C12H15Br2NO2. The highest BCUT2D eigenvalue weighted by Crippen LogP contribution is 2.22. The number of rotatable bonds is 4. The van der Waals surface area contributed by atoms with E-state index in [9.17, 15) is 9.90 Å². The fourth-order valence-corrected chi connectivity index (χ4v) is 1.71. The summed E-state index contributed by atoms with van der Waals surface area (Å²) in [4.78, 5) is 11.9. The largest absolute Gasteiger partial charge is 0.507 e. The van der Waals surface area contributed by atoms with Gasteiger partial charge in [-0.15, -0.1) is 0 Å². The Labute approximate surface area is 118 Å². The molecule has 2 N–H and O–H groups in total. The van der Waals surface area contributed by atoms with Crippen LogP contribution in [0.2, 0.25) is 0 Å². The number of carbonyl (C=O) groups is 1. The predicted molar refractivity (Wildman–Crippen MR) is 75.7 cm³/mol. The van der Waals surface area contributed by atoms with Crippen LogP contribution in [0.5, 0.6) is 5.75 Å². The second-order valence-corrected chi connectivity index (χ2v) is 6.12. The minimum Gasteiger partial charge on any atom is -0.507 e. The van der Waals surface area contributed by atoms with Gasteiger partial charge in [0.25, 0.3) is 5.91 Å². The first kappa shape index (κ1) is 14.5. The highest BCUT2D eigenvalue weighted by atomic mass is 79.9. The van der Waals surface area contributed by atoms with E-state index in [-0.39, 0.29) is 22.6 Å². The van der Waals surface area contributed by atoms with Crippen molar-refractivity contribution in [2.45, 2.75) is 13.8 Å². The van der Waals surface area contributed by atoms with Crippen molar-refractivity contribution in [3.63, 3.8) is 0 Å². The lowest BCUT2D eigenvalue weighted by atomic mass is 9.97. The lowest BCUT2D eigenvalue weighted by Crippen LogP contribution is -2.34. The van der Waals surface area contributed by atoms with Gasteiger partial charge in [0.1, 0.15) is 5.75 Å². The molecule has 1 amide bonds. The number of amides is 1. The zero-order valence-corrected chi connectivity index (χ0v) is 12.9. The molecule has 0 aromatic heterocycles. The molecule has 5 heteroatoms. The Hall–Kier alpha value is -0.550. The van der Waals surface area contributed by atoms with E-state index in [2.05, 4.69) is 37.2 Å². The van der Waals surface area contributed by atoms with E-state index < -0.39 is 0 Å². The van der Waals surface area contributed by atoms with Crippen molar-refractivity contribution >= 4 is 37.8 Å². The molecule has 0 aliphatic carbocycles. The van der Waals surface area contributed by atoms with Crippen LogP contribution in [-0.2, 0) is 0 Å². The summed E-state index contributed by atoms with van der Waals surface area (Å²) < 4.78 is 0.764. The molecular weight excluding hydrogens is 350 g/mol. The van der Waals surface area contributed by atoms with Crippen molar-refractivity contribution in [2.75, 3.05) is 11.9 Å². The molecule has 0 unspecified atom stereocenters. The fourth-order valence-electron chi connectivity index (χ4n) is 1.15. The van der Waals surface area contributed by atoms with E-state index in [0.29, 0.717) is 6.54 Å². The van der Waals surface area contributed by atoms with E-state index >= 15 is 0 Å². The fraction of sp³-hybridized carbons (Fsp3) is 0.417. The number of benzene rings is 1. The Bertz CT molecular complexity index is 419. The van der Waals surface area contributed by atoms with Crippen molar-refractivity contribution in [1.82, 2.24) is 5.32 Å². The van der Waals surface area contributed by atoms with E-state index in [0.717, 1.165) is 9.80 Å². The van der Waals surface area contributed by atoms with Crippen LogP contribution >= 0.6 is 31.9 Å². The van der Waals surface area contributed by atoms with Gasteiger partial charge in [-0.1, -0.05) is 45.7 Å². The van der Waals surface area contributed by atoms with Crippen LogP contribution in [0.3, 0.4) is 0 Å². The quantitative estimate of drug-likeness (QED) is 0.805. The zero-order chi connectivity index (χ0) is 13.1. The molecule has 0 aliphatic rings. The van der Waals surface area contributed by atoms with Crippen LogP contribution in [0.15, 0.2) is 22.7 Å². The Balaban J connectivity index is 2.74. The average molecular weight is 365 g/mol. The number of halogens is 2. The van der Waals surface area contributed by atoms with Gasteiger partial charge < -0.3 is 10.4 Å². The average Bonchev–Trinajstić information content (AvgIpc) is 2.29. The van der Waals surface area contributed by atoms with Gasteiger partial charge in [-0.25, -0.2) is 0 Å². The number of phenols is 1. The number of hydrogen-bond acceptors (Lipinski definition) is 2. The Morgan fingerprint density at radius 1 is 1.47 bits per heavy atom. The molecule has 94 valence electrons. The standard InChI is InChI=1S/C12H15Br2NO2/c1-12(2,6-13)7-15-11(17)9-5-8(14)3-4-10(9)16/h3-5,16H,6-7H2,1-2H3,(H,15,17). The first-order valence-corrected chi connectivity index (χ1v) is 7.10. The van der Waals surface area contributed by atoms with Crippen molar-refractivity contribution < 1.29 is 9.90 Å². The molecule has 0 fully saturated rings. The third-order valence-electron chi connectivity index (χ3n) is 2.29. The van der Waals surface area contributed by atoms with Gasteiger partial charge in [-0.2, -0.15) is 0 Å². The third-order valence-corrected chi connectivity index (χ3v) is 4.30. The molecule has 0 saturated carbocycles. The molecule has 17 heavy (non-hydrogen) atoms. The van der Waals surface area contributed by atoms with Crippen LogP contribution in [0.1, 0.15) is 24.2 Å².